The van der Waals surface area contributed by atoms with E-state index in [1.54, 1.807) is 6.26 Å². The van der Waals surface area contributed by atoms with Crippen LogP contribution >= 0.6 is 23.5 Å². The van der Waals surface area contributed by atoms with E-state index in [1.165, 1.54) is 0 Å². The lowest BCUT2D eigenvalue weighted by molar-refractivity contribution is 0.0272. The van der Waals surface area contributed by atoms with Gasteiger partial charge in [0.15, 0.2) is 11.5 Å². The van der Waals surface area contributed by atoms with Crippen molar-refractivity contribution >= 4 is 35.1 Å². The van der Waals surface area contributed by atoms with Crippen molar-refractivity contribution in [3.8, 4) is 0 Å². The van der Waals surface area contributed by atoms with Crippen molar-refractivity contribution in [2.75, 3.05) is 11.5 Å². The highest BCUT2D eigenvalue weighted by molar-refractivity contribution is 8.21. The lowest BCUT2D eigenvalue weighted by atomic mass is 9.54. The SMILES string of the molecule is Cc1coc2c1C(=O)[C@@]1(C)[C@H](CCC3(SCCS3)[C@@H]1C)C2=O. The molecule has 0 unspecified atom stereocenters. The van der Waals surface area contributed by atoms with Crippen LogP contribution in [0.1, 0.15) is 53.2 Å². The molecule has 0 aromatic carbocycles. The fourth-order valence-corrected chi connectivity index (χ4v) is 8.28. The summed E-state index contributed by atoms with van der Waals surface area (Å²) in [6.07, 6.45) is 3.36. The highest BCUT2D eigenvalue weighted by Crippen LogP contribution is 2.64. The highest BCUT2D eigenvalue weighted by Gasteiger charge is 2.63. The Kier molecular flexibility index (Phi) is 3.16. The number of carbonyl (C=O) groups excluding carboxylic acids is 2. The minimum atomic E-state index is -0.596. The third-order valence-corrected chi connectivity index (χ3v) is 9.95. The molecular weight excluding hydrogens is 316 g/mol. The first-order valence-electron chi connectivity index (χ1n) is 7.87. The second kappa shape index (κ2) is 4.67. The molecule has 1 aromatic rings. The highest BCUT2D eigenvalue weighted by atomic mass is 32.2. The molecule has 1 aliphatic heterocycles. The van der Waals surface area contributed by atoms with Crippen LogP contribution in [0, 0.1) is 24.2 Å². The number of aryl methyl sites for hydroxylation is 1. The average Bonchev–Trinajstić information content (AvgIpc) is 3.10. The summed E-state index contributed by atoms with van der Waals surface area (Å²) >= 11 is 3.99. The molecule has 22 heavy (non-hydrogen) atoms. The number of fused-ring (bicyclic) bond motifs is 2. The van der Waals surface area contributed by atoms with Gasteiger partial charge in [-0.25, -0.2) is 0 Å². The second-order valence-corrected chi connectivity index (χ2v) is 10.0. The Balaban J connectivity index is 1.87. The Morgan fingerprint density at radius 3 is 2.64 bits per heavy atom. The number of rotatable bonds is 0. The molecular formula is C17H20O3S2. The molecule has 2 aliphatic carbocycles. The van der Waals surface area contributed by atoms with E-state index >= 15 is 0 Å². The second-order valence-electron chi connectivity index (χ2n) is 6.92. The molecule has 3 aliphatic rings. The molecule has 0 radical (unpaired) electrons. The van der Waals surface area contributed by atoms with Gasteiger partial charge < -0.3 is 4.42 Å². The van der Waals surface area contributed by atoms with Gasteiger partial charge in [-0.3, -0.25) is 9.59 Å². The number of ketones is 2. The van der Waals surface area contributed by atoms with Crippen LogP contribution in [0.15, 0.2) is 10.7 Å². The summed E-state index contributed by atoms with van der Waals surface area (Å²) in [7, 11) is 0. The smallest absolute Gasteiger partial charge is 0.202 e. The zero-order valence-corrected chi connectivity index (χ0v) is 14.7. The van der Waals surface area contributed by atoms with Gasteiger partial charge in [0.05, 0.1) is 15.9 Å². The van der Waals surface area contributed by atoms with E-state index in [0.29, 0.717) is 11.3 Å². The van der Waals surface area contributed by atoms with E-state index in [0.717, 1.165) is 29.9 Å². The third-order valence-electron chi connectivity index (χ3n) is 6.07. The maximum Gasteiger partial charge on any atom is 0.202 e. The summed E-state index contributed by atoms with van der Waals surface area (Å²) in [5.74, 6) is 2.73. The van der Waals surface area contributed by atoms with E-state index in [9.17, 15) is 9.59 Å². The first-order valence-corrected chi connectivity index (χ1v) is 9.84. The lowest BCUT2D eigenvalue weighted by Crippen LogP contribution is -2.57. The van der Waals surface area contributed by atoms with Crippen LogP contribution in [0.2, 0.25) is 0 Å². The van der Waals surface area contributed by atoms with Gasteiger partial charge in [0.1, 0.15) is 0 Å². The minimum absolute atomic E-state index is 0.0416. The van der Waals surface area contributed by atoms with Crippen molar-refractivity contribution in [2.24, 2.45) is 17.3 Å². The zero-order chi connectivity index (χ0) is 15.7. The monoisotopic (exact) mass is 336 g/mol. The van der Waals surface area contributed by atoms with Gasteiger partial charge in [-0.15, -0.1) is 23.5 Å². The van der Waals surface area contributed by atoms with Crippen molar-refractivity contribution in [3.63, 3.8) is 0 Å². The molecule has 2 heterocycles. The van der Waals surface area contributed by atoms with Gasteiger partial charge >= 0.3 is 0 Å². The minimum Gasteiger partial charge on any atom is -0.460 e. The van der Waals surface area contributed by atoms with Gasteiger partial charge in [-0.1, -0.05) is 13.8 Å². The molecule has 118 valence electrons. The summed E-state index contributed by atoms with van der Waals surface area (Å²) in [4.78, 5) is 26.2. The molecule has 1 spiro atoms. The van der Waals surface area contributed by atoms with E-state index in [2.05, 4.69) is 6.92 Å². The predicted molar refractivity (Wildman–Crippen MR) is 89.7 cm³/mol. The fraction of sp³-hybridized carbons (Fsp3) is 0.647. The van der Waals surface area contributed by atoms with Crippen LogP contribution in [-0.2, 0) is 0 Å². The molecule has 1 aromatic heterocycles. The standard InChI is InChI=1S/C17H20O3S2/c1-9-8-20-14-12(9)15(19)16(3)10(2)17(21-6-7-22-17)5-4-11(16)13(14)18/h8,10-11H,4-7H2,1-3H3/t10-,11-,16-/m1/s1. The van der Waals surface area contributed by atoms with E-state index in [4.69, 9.17) is 4.42 Å². The van der Waals surface area contributed by atoms with E-state index in [1.807, 2.05) is 37.4 Å². The lowest BCUT2D eigenvalue weighted by Gasteiger charge is -2.53. The summed E-state index contributed by atoms with van der Waals surface area (Å²) in [5.41, 5.74) is 0.744. The van der Waals surface area contributed by atoms with Crippen LogP contribution < -0.4 is 0 Å². The van der Waals surface area contributed by atoms with Crippen LogP contribution in [-0.4, -0.2) is 27.2 Å². The number of furan rings is 1. The maximum atomic E-state index is 13.3. The summed E-state index contributed by atoms with van der Waals surface area (Å²) < 4.78 is 5.54. The van der Waals surface area contributed by atoms with Crippen LogP contribution in [0.4, 0.5) is 0 Å². The van der Waals surface area contributed by atoms with Crippen LogP contribution in [0.25, 0.3) is 0 Å². The average molecular weight is 336 g/mol. The van der Waals surface area contributed by atoms with Crippen molar-refractivity contribution in [1.29, 1.82) is 0 Å². The van der Waals surface area contributed by atoms with Gasteiger partial charge in [-0.2, -0.15) is 0 Å². The Labute approximate surface area is 139 Å². The third kappa shape index (κ3) is 1.62. The molecule has 1 saturated carbocycles. The topological polar surface area (TPSA) is 47.3 Å². The first kappa shape index (κ1) is 14.9. The van der Waals surface area contributed by atoms with Crippen molar-refractivity contribution in [2.45, 2.75) is 37.7 Å². The fourth-order valence-electron chi connectivity index (χ4n) is 4.58. The number of hydrogen-bond donors (Lipinski definition) is 0. The number of carbonyl (C=O) groups is 2. The maximum absolute atomic E-state index is 13.3. The molecule has 4 rings (SSSR count). The largest absolute Gasteiger partial charge is 0.460 e. The number of thioether (sulfide) groups is 2. The summed E-state index contributed by atoms with van der Waals surface area (Å²) in [6, 6.07) is 0. The van der Waals surface area contributed by atoms with Gasteiger partial charge in [0.25, 0.3) is 0 Å². The van der Waals surface area contributed by atoms with Crippen molar-refractivity contribution < 1.29 is 14.0 Å². The zero-order valence-electron chi connectivity index (χ0n) is 13.1. The molecule has 0 N–H and O–H groups in total. The van der Waals surface area contributed by atoms with Crippen molar-refractivity contribution in [3.05, 3.63) is 23.2 Å². The molecule has 0 bridgehead atoms. The molecule has 5 heteroatoms. The molecule has 0 amide bonds. The Bertz CT molecular complexity index is 671. The van der Waals surface area contributed by atoms with Gasteiger partial charge in [-0.05, 0) is 31.2 Å². The van der Waals surface area contributed by atoms with E-state index in [-0.39, 0.29) is 27.5 Å². The molecule has 3 atom stereocenters. The normalized spacial score (nSPS) is 36.5. The van der Waals surface area contributed by atoms with Crippen LogP contribution in [0.3, 0.4) is 0 Å². The van der Waals surface area contributed by atoms with Gasteiger partial charge in [0.2, 0.25) is 5.78 Å². The summed E-state index contributed by atoms with van der Waals surface area (Å²) in [5, 5.41) is 0. The molecule has 1 saturated heterocycles. The number of hydrogen-bond acceptors (Lipinski definition) is 5. The predicted octanol–water partition coefficient (Wildman–Crippen LogP) is 4.20. The number of Topliss-reactive ketones (excluding diaryl/α,β-unsaturated/α-hetero) is 2. The summed E-state index contributed by atoms with van der Waals surface area (Å²) in [6.45, 7) is 6.07. The Morgan fingerprint density at radius 2 is 1.95 bits per heavy atom. The molecule has 2 fully saturated rings. The van der Waals surface area contributed by atoms with E-state index < -0.39 is 5.41 Å². The Morgan fingerprint density at radius 1 is 1.27 bits per heavy atom. The first-order chi connectivity index (χ1) is 10.4. The Hall–Kier alpha value is -0.680. The molecule has 3 nitrogen and oxygen atoms in total. The van der Waals surface area contributed by atoms with Crippen molar-refractivity contribution in [1.82, 2.24) is 0 Å². The quantitative estimate of drug-likeness (QED) is 0.711. The van der Waals surface area contributed by atoms with Crippen LogP contribution in [0.5, 0.6) is 0 Å². The van der Waals surface area contributed by atoms with Gasteiger partial charge in [0, 0.05) is 22.8 Å².